The molecule has 2 heterocycles. The predicted molar refractivity (Wildman–Crippen MR) is 146 cm³/mol. The zero-order valence-electron chi connectivity index (χ0n) is 19.9. The molecule has 10 heteroatoms. The lowest BCUT2D eigenvalue weighted by atomic mass is 10.1. The van der Waals surface area contributed by atoms with Gasteiger partial charge >= 0.3 is 0 Å². The quantitative estimate of drug-likeness (QED) is 0.106. The third-order valence-corrected chi connectivity index (χ3v) is 6.22. The van der Waals surface area contributed by atoms with E-state index in [0.29, 0.717) is 17.1 Å². The molecule has 0 atom stereocenters. The van der Waals surface area contributed by atoms with Crippen molar-refractivity contribution in [2.45, 2.75) is 0 Å². The summed E-state index contributed by atoms with van der Waals surface area (Å²) in [5.74, 6) is -0.558. The molecule has 0 saturated carbocycles. The minimum absolute atomic E-state index is 0.0172. The monoisotopic (exact) mass is 525 g/mol. The summed E-state index contributed by atoms with van der Waals surface area (Å²) < 4.78 is 10.9. The Hall–Kier alpha value is -5.09. The van der Waals surface area contributed by atoms with Crippen molar-refractivity contribution in [2.75, 3.05) is 16.9 Å². The van der Waals surface area contributed by atoms with Crippen molar-refractivity contribution in [1.29, 1.82) is 0 Å². The van der Waals surface area contributed by atoms with Gasteiger partial charge in [-0.05, 0) is 66.8 Å². The van der Waals surface area contributed by atoms with E-state index >= 15 is 0 Å². The minimum atomic E-state index is -0.619. The third-order valence-electron chi connectivity index (χ3n) is 5.86. The first-order valence-electron chi connectivity index (χ1n) is 11.4. The standard InChI is InChI=1S/C28H19N3O6S/c1-36-20-12-14-22(24(17-20)31(34)35)25-15-13-21(37-25)16-23-26(32)29(18-8-4-2-5-9-18)28(38)30(27(23)33)19-10-6-3-7-11-19/h2-17H,1H3. The van der Waals surface area contributed by atoms with E-state index in [1.807, 2.05) is 0 Å². The number of para-hydroxylation sites is 2. The van der Waals surface area contributed by atoms with Crippen molar-refractivity contribution in [3.05, 3.63) is 112 Å². The Balaban J connectivity index is 1.59. The summed E-state index contributed by atoms with van der Waals surface area (Å²) in [7, 11) is 1.41. The Kier molecular flexibility index (Phi) is 6.55. The van der Waals surface area contributed by atoms with Gasteiger partial charge in [-0.15, -0.1) is 0 Å². The SMILES string of the molecule is COc1ccc(-c2ccc(C=C3C(=O)N(c4ccccc4)C(=S)N(c4ccccc4)C3=O)o2)c([N+](=O)[O-])c1. The molecule has 1 fully saturated rings. The number of ether oxygens (including phenoxy) is 1. The molecule has 1 aromatic heterocycles. The van der Waals surface area contributed by atoms with Crippen LogP contribution in [0.5, 0.6) is 5.75 Å². The van der Waals surface area contributed by atoms with Gasteiger partial charge in [0.15, 0.2) is 5.11 Å². The highest BCUT2D eigenvalue weighted by molar-refractivity contribution is 7.81. The summed E-state index contributed by atoms with van der Waals surface area (Å²) in [6.07, 6.45) is 1.32. The van der Waals surface area contributed by atoms with Crippen LogP contribution < -0.4 is 14.5 Å². The van der Waals surface area contributed by atoms with Crippen molar-refractivity contribution in [3.8, 4) is 17.1 Å². The highest BCUT2D eigenvalue weighted by Crippen LogP contribution is 2.35. The molecule has 2 amide bonds. The normalized spacial score (nSPS) is 13.6. The number of hydrogen-bond acceptors (Lipinski definition) is 7. The number of nitro benzene ring substituents is 1. The number of amides is 2. The van der Waals surface area contributed by atoms with E-state index in [9.17, 15) is 19.7 Å². The van der Waals surface area contributed by atoms with Gasteiger partial charge in [0.05, 0.1) is 35.0 Å². The Morgan fingerprint density at radius 3 is 1.97 bits per heavy atom. The second kappa shape index (κ2) is 10.1. The number of furan rings is 1. The maximum absolute atomic E-state index is 13.6. The van der Waals surface area contributed by atoms with Crippen LogP contribution in [0.2, 0.25) is 0 Å². The van der Waals surface area contributed by atoms with Crippen LogP contribution in [0.25, 0.3) is 17.4 Å². The highest BCUT2D eigenvalue weighted by Gasteiger charge is 2.41. The van der Waals surface area contributed by atoms with E-state index in [0.717, 1.165) is 0 Å². The molecule has 3 aromatic carbocycles. The lowest BCUT2D eigenvalue weighted by molar-refractivity contribution is -0.384. The molecule has 0 bridgehead atoms. The first-order valence-corrected chi connectivity index (χ1v) is 11.8. The zero-order valence-corrected chi connectivity index (χ0v) is 20.8. The number of nitrogens with zero attached hydrogens (tertiary/aromatic N) is 3. The average molecular weight is 526 g/mol. The van der Waals surface area contributed by atoms with Crippen LogP contribution in [0.4, 0.5) is 17.1 Å². The van der Waals surface area contributed by atoms with Gasteiger partial charge in [0, 0.05) is 0 Å². The number of carbonyl (C=O) groups is 2. The summed E-state index contributed by atoms with van der Waals surface area (Å²) in [5.41, 5.74) is 0.821. The van der Waals surface area contributed by atoms with Crippen LogP contribution in [-0.4, -0.2) is 29.0 Å². The van der Waals surface area contributed by atoms with Crippen LogP contribution in [-0.2, 0) is 9.59 Å². The van der Waals surface area contributed by atoms with Crippen LogP contribution >= 0.6 is 12.2 Å². The molecule has 9 nitrogen and oxygen atoms in total. The van der Waals surface area contributed by atoms with E-state index in [1.54, 1.807) is 66.7 Å². The topological polar surface area (TPSA) is 106 Å². The Morgan fingerprint density at radius 1 is 0.868 bits per heavy atom. The van der Waals surface area contributed by atoms with E-state index in [1.165, 1.54) is 47.3 Å². The van der Waals surface area contributed by atoms with Gasteiger partial charge in [-0.3, -0.25) is 29.5 Å². The van der Waals surface area contributed by atoms with Gasteiger partial charge in [-0.1, -0.05) is 36.4 Å². The number of nitro groups is 1. The summed E-state index contributed by atoms with van der Waals surface area (Å²) in [5, 5.41) is 11.6. The molecule has 0 unspecified atom stereocenters. The fourth-order valence-electron chi connectivity index (χ4n) is 4.05. The average Bonchev–Trinajstić information content (AvgIpc) is 3.40. The van der Waals surface area contributed by atoms with E-state index in [2.05, 4.69) is 0 Å². The molecule has 0 aliphatic carbocycles. The number of hydrogen-bond donors (Lipinski definition) is 0. The van der Waals surface area contributed by atoms with Gasteiger partial charge in [0.1, 0.15) is 22.8 Å². The molecule has 38 heavy (non-hydrogen) atoms. The van der Waals surface area contributed by atoms with E-state index < -0.39 is 16.7 Å². The molecule has 1 saturated heterocycles. The number of anilines is 2. The molecule has 1 aliphatic heterocycles. The number of thiocarbonyl (C=S) groups is 1. The highest BCUT2D eigenvalue weighted by atomic mass is 32.1. The largest absolute Gasteiger partial charge is 0.497 e. The number of methoxy groups -OCH3 is 1. The molecule has 4 aromatic rings. The van der Waals surface area contributed by atoms with Gasteiger partial charge < -0.3 is 9.15 Å². The molecule has 0 N–H and O–H groups in total. The fourth-order valence-corrected chi connectivity index (χ4v) is 4.43. The molecule has 188 valence electrons. The van der Waals surface area contributed by atoms with Crippen LogP contribution in [0, 0.1) is 10.1 Å². The second-order valence-electron chi connectivity index (χ2n) is 8.14. The molecule has 5 rings (SSSR count). The van der Waals surface area contributed by atoms with Crippen molar-refractivity contribution in [2.24, 2.45) is 0 Å². The molecule has 0 spiro atoms. The third kappa shape index (κ3) is 4.44. The summed E-state index contributed by atoms with van der Waals surface area (Å²) in [6, 6.07) is 25.0. The summed E-state index contributed by atoms with van der Waals surface area (Å²) in [4.78, 5) is 40.9. The minimum Gasteiger partial charge on any atom is -0.497 e. The number of benzene rings is 3. The lowest BCUT2D eigenvalue weighted by Crippen LogP contribution is -2.56. The van der Waals surface area contributed by atoms with Crippen molar-refractivity contribution >= 4 is 52.3 Å². The molecular formula is C28H19N3O6S. The smallest absolute Gasteiger partial charge is 0.284 e. The maximum Gasteiger partial charge on any atom is 0.284 e. The molecular weight excluding hydrogens is 506 g/mol. The van der Waals surface area contributed by atoms with Crippen LogP contribution in [0.3, 0.4) is 0 Å². The van der Waals surface area contributed by atoms with Crippen molar-refractivity contribution in [3.63, 3.8) is 0 Å². The predicted octanol–water partition coefficient (Wildman–Crippen LogP) is 5.61. The number of rotatable bonds is 6. The van der Waals surface area contributed by atoms with Gasteiger partial charge in [0.2, 0.25) is 0 Å². The summed E-state index contributed by atoms with van der Waals surface area (Å²) >= 11 is 5.60. The molecule has 1 aliphatic rings. The van der Waals surface area contributed by atoms with Crippen molar-refractivity contribution < 1.29 is 23.7 Å². The van der Waals surface area contributed by atoms with E-state index in [4.69, 9.17) is 21.4 Å². The van der Waals surface area contributed by atoms with E-state index in [-0.39, 0.29) is 33.5 Å². The van der Waals surface area contributed by atoms with Gasteiger partial charge in [-0.2, -0.15) is 0 Å². The van der Waals surface area contributed by atoms with Gasteiger partial charge in [-0.25, -0.2) is 0 Å². The number of carbonyl (C=O) groups excluding carboxylic acids is 2. The van der Waals surface area contributed by atoms with Crippen LogP contribution in [0.1, 0.15) is 5.76 Å². The lowest BCUT2D eigenvalue weighted by Gasteiger charge is -2.36. The van der Waals surface area contributed by atoms with Gasteiger partial charge in [0.25, 0.3) is 17.5 Å². The van der Waals surface area contributed by atoms with Crippen LogP contribution in [0.15, 0.2) is 101 Å². The fraction of sp³-hybridized carbons (Fsp3) is 0.0357. The molecule has 0 radical (unpaired) electrons. The van der Waals surface area contributed by atoms with Crippen molar-refractivity contribution in [1.82, 2.24) is 0 Å². The Labute approximate surface area is 222 Å². The Bertz CT molecular complexity index is 1530. The second-order valence-corrected chi connectivity index (χ2v) is 8.50. The first kappa shape index (κ1) is 24.6. The maximum atomic E-state index is 13.6. The zero-order chi connectivity index (χ0) is 26.8. The first-order chi connectivity index (χ1) is 18.4. The Morgan fingerprint density at radius 2 is 1.45 bits per heavy atom. The summed E-state index contributed by atoms with van der Waals surface area (Å²) in [6.45, 7) is 0.